The highest BCUT2D eigenvalue weighted by molar-refractivity contribution is 6.33. The van der Waals surface area contributed by atoms with E-state index >= 15 is 0 Å². The van der Waals surface area contributed by atoms with Gasteiger partial charge >= 0.3 is 0 Å². The van der Waals surface area contributed by atoms with Gasteiger partial charge in [-0.1, -0.05) is 11.6 Å². The van der Waals surface area contributed by atoms with E-state index in [2.05, 4.69) is 4.98 Å². The molecule has 0 aromatic carbocycles. The van der Waals surface area contributed by atoms with E-state index in [1.54, 1.807) is 12.3 Å². The van der Waals surface area contributed by atoms with E-state index in [0.29, 0.717) is 17.0 Å². The Bertz CT molecular complexity index is 375. The number of carbonyl (C=O) groups is 1. The minimum absolute atomic E-state index is 0.0721. The van der Waals surface area contributed by atoms with Gasteiger partial charge in [0, 0.05) is 31.0 Å². The fraction of sp³-hybridized carbons (Fsp3) is 0.500. The van der Waals surface area contributed by atoms with Crippen molar-refractivity contribution in [3.05, 3.63) is 29.0 Å². The van der Waals surface area contributed by atoms with Gasteiger partial charge in [0.25, 0.3) is 0 Å². The van der Waals surface area contributed by atoms with Crippen LogP contribution in [0.15, 0.2) is 18.5 Å². The number of carbonyl (C=O) groups excluding carboxylic acids is 1. The maximum atomic E-state index is 11.9. The number of rotatable bonds is 4. The van der Waals surface area contributed by atoms with Gasteiger partial charge in [-0.15, -0.1) is 0 Å². The van der Waals surface area contributed by atoms with Crippen molar-refractivity contribution in [2.45, 2.75) is 31.8 Å². The molecule has 1 aromatic heterocycles. The second kappa shape index (κ2) is 5.41. The number of Topliss-reactive ketones (excluding diaryl/α,β-unsaturated/α-hetero) is 1. The van der Waals surface area contributed by atoms with Crippen molar-refractivity contribution < 1.29 is 9.53 Å². The quantitative estimate of drug-likeness (QED) is 0.759. The third-order valence-corrected chi connectivity index (χ3v) is 3.09. The van der Waals surface area contributed by atoms with E-state index in [4.69, 9.17) is 16.3 Å². The number of ether oxygens (including phenoxy) is 1. The lowest BCUT2D eigenvalue weighted by molar-refractivity contribution is 0.0859. The Hall–Kier alpha value is -0.930. The molecule has 0 saturated carbocycles. The molecule has 1 aliphatic rings. The topological polar surface area (TPSA) is 39.2 Å². The van der Waals surface area contributed by atoms with Gasteiger partial charge in [-0.3, -0.25) is 9.78 Å². The molecule has 0 aliphatic carbocycles. The van der Waals surface area contributed by atoms with Gasteiger partial charge in [0.1, 0.15) is 0 Å². The van der Waals surface area contributed by atoms with E-state index in [1.165, 1.54) is 6.20 Å². The van der Waals surface area contributed by atoms with Crippen LogP contribution in [-0.4, -0.2) is 23.5 Å². The SMILES string of the molecule is O=C(CCC1CCCO1)c1ccncc1Cl. The average Bonchev–Trinajstić information content (AvgIpc) is 2.79. The molecule has 4 heteroatoms. The predicted molar refractivity (Wildman–Crippen MR) is 61.8 cm³/mol. The van der Waals surface area contributed by atoms with Crippen molar-refractivity contribution in [2.24, 2.45) is 0 Å². The standard InChI is InChI=1S/C12H14ClNO2/c13-11-8-14-6-5-10(11)12(15)4-3-9-2-1-7-16-9/h5-6,8-9H,1-4,7H2. The number of hydrogen-bond donors (Lipinski definition) is 0. The molecule has 2 rings (SSSR count). The second-order valence-corrected chi connectivity index (χ2v) is 4.36. The number of aromatic nitrogens is 1. The summed E-state index contributed by atoms with van der Waals surface area (Å²) >= 11 is 5.90. The first-order valence-corrected chi connectivity index (χ1v) is 5.89. The summed E-state index contributed by atoms with van der Waals surface area (Å²) in [6.45, 7) is 0.828. The molecule has 1 fully saturated rings. The zero-order valence-corrected chi connectivity index (χ0v) is 9.74. The first-order chi connectivity index (χ1) is 7.77. The van der Waals surface area contributed by atoms with Crippen molar-refractivity contribution in [1.82, 2.24) is 4.98 Å². The van der Waals surface area contributed by atoms with Crippen molar-refractivity contribution >= 4 is 17.4 Å². The second-order valence-electron chi connectivity index (χ2n) is 3.95. The van der Waals surface area contributed by atoms with Crippen LogP contribution in [0.3, 0.4) is 0 Å². The van der Waals surface area contributed by atoms with Crippen LogP contribution < -0.4 is 0 Å². The van der Waals surface area contributed by atoms with E-state index in [1.807, 2.05) is 0 Å². The number of pyridine rings is 1. The minimum Gasteiger partial charge on any atom is -0.378 e. The van der Waals surface area contributed by atoms with Gasteiger partial charge in [0.2, 0.25) is 0 Å². The Labute approximate surface area is 99.8 Å². The van der Waals surface area contributed by atoms with Crippen LogP contribution in [0.4, 0.5) is 0 Å². The van der Waals surface area contributed by atoms with Gasteiger partial charge in [-0.25, -0.2) is 0 Å². The summed E-state index contributed by atoms with van der Waals surface area (Å²) in [5, 5.41) is 0.430. The maximum Gasteiger partial charge on any atom is 0.164 e. The smallest absolute Gasteiger partial charge is 0.164 e. The van der Waals surface area contributed by atoms with Crippen LogP contribution in [0, 0.1) is 0 Å². The lowest BCUT2D eigenvalue weighted by atomic mass is 10.0. The summed E-state index contributed by atoms with van der Waals surface area (Å²) in [7, 11) is 0. The molecule has 1 saturated heterocycles. The molecule has 1 aliphatic heterocycles. The molecule has 86 valence electrons. The van der Waals surface area contributed by atoms with E-state index < -0.39 is 0 Å². The van der Waals surface area contributed by atoms with Crippen molar-refractivity contribution in [2.75, 3.05) is 6.61 Å². The predicted octanol–water partition coefficient (Wildman–Crippen LogP) is 2.88. The molecule has 1 unspecified atom stereocenters. The van der Waals surface area contributed by atoms with E-state index in [9.17, 15) is 4.79 Å². The van der Waals surface area contributed by atoms with Crippen molar-refractivity contribution in [1.29, 1.82) is 0 Å². The summed E-state index contributed by atoms with van der Waals surface area (Å²) in [6.07, 6.45) is 6.80. The normalized spacial score (nSPS) is 19.9. The summed E-state index contributed by atoms with van der Waals surface area (Å²) in [5.74, 6) is 0.0721. The zero-order chi connectivity index (χ0) is 11.4. The lowest BCUT2D eigenvalue weighted by Crippen LogP contribution is -2.09. The molecular formula is C12H14ClNO2. The molecule has 0 amide bonds. The summed E-state index contributed by atoms with van der Waals surface area (Å²) < 4.78 is 5.47. The zero-order valence-electron chi connectivity index (χ0n) is 8.99. The molecular weight excluding hydrogens is 226 g/mol. The van der Waals surface area contributed by atoms with Gasteiger partial charge in [0.15, 0.2) is 5.78 Å². The Balaban J connectivity index is 1.90. The fourth-order valence-corrected chi connectivity index (χ4v) is 2.12. The van der Waals surface area contributed by atoms with Crippen LogP contribution in [0.1, 0.15) is 36.0 Å². The first-order valence-electron chi connectivity index (χ1n) is 5.51. The van der Waals surface area contributed by atoms with Gasteiger partial charge in [-0.05, 0) is 25.3 Å². The van der Waals surface area contributed by atoms with Crippen LogP contribution >= 0.6 is 11.6 Å². The molecule has 1 aromatic rings. The van der Waals surface area contributed by atoms with E-state index in [0.717, 1.165) is 25.9 Å². The van der Waals surface area contributed by atoms with Gasteiger partial charge in [-0.2, -0.15) is 0 Å². The Kier molecular flexibility index (Phi) is 3.91. The van der Waals surface area contributed by atoms with Crippen molar-refractivity contribution in [3.8, 4) is 0 Å². The third-order valence-electron chi connectivity index (χ3n) is 2.79. The molecule has 0 radical (unpaired) electrons. The summed E-state index contributed by atoms with van der Waals surface area (Å²) in [6, 6.07) is 1.67. The van der Waals surface area contributed by atoms with Gasteiger partial charge < -0.3 is 4.74 Å². The molecule has 0 bridgehead atoms. The summed E-state index contributed by atoms with van der Waals surface area (Å²) in [5.41, 5.74) is 0.565. The summed E-state index contributed by atoms with van der Waals surface area (Å²) in [4.78, 5) is 15.7. The number of halogens is 1. The lowest BCUT2D eigenvalue weighted by Gasteiger charge is -2.08. The van der Waals surface area contributed by atoms with Crippen LogP contribution in [0.25, 0.3) is 0 Å². The number of nitrogens with zero attached hydrogens (tertiary/aromatic N) is 1. The minimum atomic E-state index is 0.0721. The largest absolute Gasteiger partial charge is 0.378 e. The highest BCUT2D eigenvalue weighted by Gasteiger charge is 2.18. The highest BCUT2D eigenvalue weighted by Crippen LogP contribution is 2.20. The molecule has 16 heavy (non-hydrogen) atoms. The monoisotopic (exact) mass is 239 g/mol. The molecule has 3 nitrogen and oxygen atoms in total. The van der Waals surface area contributed by atoms with E-state index in [-0.39, 0.29) is 11.9 Å². The van der Waals surface area contributed by atoms with Gasteiger partial charge in [0.05, 0.1) is 11.1 Å². The van der Waals surface area contributed by atoms with Crippen LogP contribution in [0.2, 0.25) is 5.02 Å². The molecule has 1 atom stereocenters. The van der Waals surface area contributed by atoms with Crippen molar-refractivity contribution in [3.63, 3.8) is 0 Å². The third kappa shape index (κ3) is 2.80. The Morgan fingerprint density at radius 2 is 2.50 bits per heavy atom. The van der Waals surface area contributed by atoms with Crippen LogP contribution in [0.5, 0.6) is 0 Å². The first kappa shape index (κ1) is 11.6. The Morgan fingerprint density at radius 3 is 3.19 bits per heavy atom. The average molecular weight is 240 g/mol. The molecule has 0 N–H and O–H groups in total. The fourth-order valence-electron chi connectivity index (χ4n) is 1.90. The maximum absolute atomic E-state index is 11.9. The highest BCUT2D eigenvalue weighted by atomic mass is 35.5. The molecule has 2 heterocycles. The van der Waals surface area contributed by atoms with Crippen LogP contribution in [-0.2, 0) is 4.74 Å². The Morgan fingerprint density at radius 1 is 1.62 bits per heavy atom. The molecule has 0 spiro atoms. The number of ketones is 1. The number of hydrogen-bond acceptors (Lipinski definition) is 3.